The van der Waals surface area contributed by atoms with Crippen LogP contribution < -0.4 is 15.0 Å². The van der Waals surface area contributed by atoms with Gasteiger partial charge in [-0.2, -0.15) is 0 Å². The van der Waals surface area contributed by atoms with Gasteiger partial charge >= 0.3 is 6.09 Å². The molecule has 9 heteroatoms. The number of nitrogens with one attached hydrogen (secondary N) is 1. The third-order valence-electron chi connectivity index (χ3n) is 12.8. The fourth-order valence-electron chi connectivity index (χ4n) is 9.47. The zero-order valence-corrected chi connectivity index (χ0v) is 32.8. The molecule has 1 N–H and O–H groups in total. The van der Waals surface area contributed by atoms with Crippen molar-refractivity contribution < 1.29 is 19.1 Å². The Balaban J connectivity index is 1.08. The highest BCUT2D eigenvalue weighted by atomic mass is 32.1. The van der Waals surface area contributed by atoms with Crippen molar-refractivity contribution in [2.24, 2.45) is 11.3 Å². The minimum atomic E-state index is -0.295. The van der Waals surface area contributed by atoms with Gasteiger partial charge in [-0.05, 0) is 130 Å². The van der Waals surface area contributed by atoms with Crippen molar-refractivity contribution in [1.82, 2.24) is 15.3 Å². The van der Waals surface area contributed by atoms with Crippen molar-refractivity contribution >= 4 is 29.2 Å². The summed E-state index contributed by atoms with van der Waals surface area (Å²) in [5, 5.41) is 4.19. The Morgan fingerprint density at radius 1 is 0.923 bits per heavy atom. The second kappa shape index (κ2) is 15.1. The molecule has 52 heavy (non-hydrogen) atoms. The van der Waals surface area contributed by atoms with Crippen LogP contribution >= 0.6 is 11.3 Å². The van der Waals surface area contributed by atoms with Gasteiger partial charge < -0.3 is 14.8 Å². The number of thiazole rings is 1. The summed E-state index contributed by atoms with van der Waals surface area (Å²) in [7, 11) is 1.74. The van der Waals surface area contributed by atoms with E-state index in [0.717, 1.165) is 78.4 Å². The zero-order chi connectivity index (χ0) is 36.5. The molecule has 280 valence electrons. The summed E-state index contributed by atoms with van der Waals surface area (Å²) < 4.78 is 11.5. The molecule has 2 bridgehead atoms. The van der Waals surface area contributed by atoms with Crippen LogP contribution in [0.25, 0.3) is 10.4 Å². The lowest BCUT2D eigenvalue weighted by molar-refractivity contribution is -0.124. The van der Waals surface area contributed by atoms with Gasteiger partial charge in [0.25, 0.3) is 0 Å². The minimum absolute atomic E-state index is 0.0270. The first-order valence-electron chi connectivity index (χ1n) is 19.8. The summed E-state index contributed by atoms with van der Waals surface area (Å²) in [5.74, 6) is 1.73. The largest absolute Gasteiger partial charge is 0.496 e. The van der Waals surface area contributed by atoms with Crippen LogP contribution in [0.1, 0.15) is 133 Å². The molecule has 2 aromatic heterocycles. The van der Waals surface area contributed by atoms with E-state index in [9.17, 15) is 9.59 Å². The molecule has 1 aromatic carbocycles. The molecule has 0 spiro atoms. The van der Waals surface area contributed by atoms with E-state index in [2.05, 4.69) is 57.3 Å². The summed E-state index contributed by atoms with van der Waals surface area (Å²) in [6.45, 7) is 9.40. The number of hydrogen-bond donors (Lipinski definition) is 1. The number of aromatic nitrogens is 2. The predicted octanol–water partition coefficient (Wildman–Crippen LogP) is 10.1. The fraction of sp³-hybridized carbons (Fsp3) is 0.628. The van der Waals surface area contributed by atoms with Crippen LogP contribution in [-0.2, 0) is 20.4 Å². The third kappa shape index (κ3) is 7.90. The molecule has 8 rings (SSSR count). The highest BCUT2D eigenvalue weighted by molar-refractivity contribution is 7.15. The summed E-state index contributed by atoms with van der Waals surface area (Å²) in [6.07, 6.45) is 18.6. The molecule has 0 unspecified atom stereocenters. The molecule has 5 aliphatic rings. The summed E-state index contributed by atoms with van der Waals surface area (Å²) in [4.78, 5) is 40.2. The zero-order valence-electron chi connectivity index (χ0n) is 32.0. The SMILES string of the molecule is COc1ccc(C23CCC(CN(C(=O)C4CCC(OC(=O)NC5CCCCC5)CC4)c4cc(-c5cnc(C(C)(C)C)s5)ccn4)(CC2)CC3)cc1C. The molecule has 0 radical (unpaired) electrons. The van der Waals surface area contributed by atoms with Gasteiger partial charge in [0.2, 0.25) is 5.91 Å². The van der Waals surface area contributed by atoms with Gasteiger partial charge in [-0.15, -0.1) is 11.3 Å². The number of fused-ring (bicyclic) bond motifs is 3. The van der Waals surface area contributed by atoms with E-state index in [4.69, 9.17) is 19.4 Å². The summed E-state index contributed by atoms with van der Waals surface area (Å²) in [5.41, 5.74) is 3.92. The van der Waals surface area contributed by atoms with Crippen LogP contribution in [0.5, 0.6) is 5.75 Å². The Labute approximate surface area is 314 Å². The Kier molecular flexibility index (Phi) is 10.7. The monoisotopic (exact) mass is 726 g/mol. The van der Waals surface area contributed by atoms with Crippen molar-refractivity contribution in [2.45, 2.75) is 147 Å². The number of amides is 2. The average molecular weight is 727 g/mol. The van der Waals surface area contributed by atoms with Gasteiger partial charge in [0.15, 0.2) is 0 Å². The maximum Gasteiger partial charge on any atom is 0.407 e. The number of carbonyl (C=O) groups is 2. The lowest BCUT2D eigenvalue weighted by Crippen LogP contribution is -2.52. The lowest BCUT2D eigenvalue weighted by Gasteiger charge is -2.55. The minimum Gasteiger partial charge on any atom is -0.496 e. The van der Waals surface area contributed by atoms with E-state index in [1.807, 2.05) is 23.4 Å². The Morgan fingerprint density at radius 3 is 2.27 bits per heavy atom. The molecular formula is C43H58N4O4S. The molecule has 0 saturated heterocycles. The highest BCUT2D eigenvalue weighted by Crippen LogP contribution is 2.58. The number of ether oxygens (including phenoxy) is 2. The van der Waals surface area contributed by atoms with E-state index in [0.29, 0.717) is 32.2 Å². The molecule has 0 atom stereocenters. The number of aryl methyl sites for hydroxylation is 1. The van der Waals surface area contributed by atoms with E-state index in [-0.39, 0.29) is 46.3 Å². The van der Waals surface area contributed by atoms with Crippen molar-refractivity contribution in [2.75, 3.05) is 18.6 Å². The lowest BCUT2D eigenvalue weighted by atomic mass is 9.51. The number of nitrogens with zero attached hydrogens (tertiary/aromatic N) is 3. The molecule has 2 heterocycles. The van der Waals surface area contributed by atoms with Crippen molar-refractivity contribution in [3.63, 3.8) is 0 Å². The van der Waals surface area contributed by atoms with Crippen LogP contribution in [0, 0.1) is 18.3 Å². The first-order valence-corrected chi connectivity index (χ1v) is 20.6. The van der Waals surface area contributed by atoms with Crippen LogP contribution in [0.4, 0.5) is 10.6 Å². The maximum absolute atomic E-state index is 14.7. The Hall–Kier alpha value is -3.46. The molecule has 5 aliphatic carbocycles. The van der Waals surface area contributed by atoms with Crippen molar-refractivity contribution in [3.05, 3.63) is 58.9 Å². The molecule has 5 fully saturated rings. The highest BCUT2D eigenvalue weighted by Gasteiger charge is 2.51. The van der Waals surface area contributed by atoms with Crippen LogP contribution in [-0.4, -0.2) is 47.8 Å². The van der Waals surface area contributed by atoms with Gasteiger partial charge in [0.05, 0.1) is 17.0 Å². The van der Waals surface area contributed by atoms with Crippen LogP contribution in [0.3, 0.4) is 0 Å². The summed E-state index contributed by atoms with van der Waals surface area (Å²) in [6, 6.07) is 11.1. The van der Waals surface area contributed by atoms with E-state index < -0.39 is 0 Å². The topological polar surface area (TPSA) is 93.6 Å². The van der Waals surface area contributed by atoms with Gasteiger partial charge in [0, 0.05) is 36.3 Å². The number of hydrogen-bond acceptors (Lipinski definition) is 7. The number of carbonyl (C=O) groups excluding carboxylic acids is 2. The average Bonchev–Trinajstić information content (AvgIpc) is 3.67. The number of alkyl carbamates (subject to hydrolysis) is 1. The molecular weight excluding hydrogens is 669 g/mol. The van der Waals surface area contributed by atoms with Crippen molar-refractivity contribution in [1.29, 1.82) is 0 Å². The molecule has 3 aromatic rings. The predicted molar refractivity (Wildman–Crippen MR) is 208 cm³/mol. The van der Waals surface area contributed by atoms with Gasteiger partial charge in [-0.3, -0.25) is 9.69 Å². The smallest absolute Gasteiger partial charge is 0.407 e. The van der Waals surface area contributed by atoms with Gasteiger partial charge in [-0.25, -0.2) is 14.8 Å². The molecule has 0 aliphatic heterocycles. The normalized spacial score (nSPS) is 26.5. The van der Waals surface area contributed by atoms with Crippen LogP contribution in [0.15, 0.2) is 42.7 Å². The van der Waals surface area contributed by atoms with E-state index in [1.54, 1.807) is 18.4 Å². The fourth-order valence-corrected chi connectivity index (χ4v) is 10.4. The Morgan fingerprint density at radius 2 is 1.63 bits per heavy atom. The van der Waals surface area contributed by atoms with Gasteiger partial charge in [0.1, 0.15) is 17.7 Å². The number of benzene rings is 1. The van der Waals surface area contributed by atoms with E-state index in [1.165, 1.54) is 30.4 Å². The third-order valence-corrected chi connectivity index (χ3v) is 14.3. The maximum atomic E-state index is 14.7. The number of methoxy groups -OCH3 is 1. The molecule has 5 saturated carbocycles. The summed E-state index contributed by atoms with van der Waals surface area (Å²) >= 11 is 1.72. The van der Waals surface area contributed by atoms with Crippen molar-refractivity contribution in [3.8, 4) is 16.2 Å². The second-order valence-electron chi connectivity index (χ2n) is 17.4. The first-order chi connectivity index (χ1) is 25.0. The number of rotatable bonds is 9. The number of pyridine rings is 1. The van der Waals surface area contributed by atoms with Gasteiger partial charge in [-0.1, -0.05) is 52.2 Å². The second-order valence-corrected chi connectivity index (χ2v) is 18.5. The molecule has 8 nitrogen and oxygen atoms in total. The first kappa shape index (κ1) is 36.9. The quantitative estimate of drug-likeness (QED) is 0.236. The van der Waals surface area contributed by atoms with E-state index >= 15 is 0 Å². The standard InChI is InChI=1S/C43H58N4O4S/c1-29-25-32(13-16-35(29)50-5)43-21-18-42(19-22-43,20-23-43)28-47(37-26-31(17-24-44-37)36-27-45-39(52-36)41(2,3)4)38(48)30-11-14-34(15-12-30)51-40(49)46-33-9-7-6-8-10-33/h13,16-17,24-27,30,33-34H,6-12,14-15,18-23,28H2,1-5H3,(H,46,49). The molecule has 2 amide bonds. The van der Waals surface area contributed by atoms with Crippen LogP contribution in [0.2, 0.25) is 0 Å². The Bertz CT molecular complexity index is 1710. The number of anilines is 1.